The minimum Gasteiger partial charge on any atom is -0.396 e. The van der Waals surface area contributed by atoms with E-state index in [4.69, 9.17) is 17.3 Å². The van der Waals surface area contributed by atoms with Crippen molar-refractivity contribution in [1.29, 1.82) is 0 Å². The van der Waals surface area contributed by atoms with Crippen LogP contribution in [0.2, 0.25) is 5.02 Å². The molecule has 0 fully saturated rings. The lowest BCUT2D eigenvalue weighted by Crippen LogP contribution is -2.31. The van der Waals surface area contributed by atoms with E-state index in [0.717, 1.165) is 0 Å². The summed E-state index contributed by atoms with van der Waals surface area (Å²) in [7, 11) is 1.63. The van der Waals surface area contributed by atoms with Crippen molar-refractivity contribution in [1.82, 2.24) is 4.98 Å². The average molecular weight is 277 g/mol. The van der Waals surface area contributed by atoms with E-state index >= 15 is 0 Å². The van der Waals surface area contributed by atoms with E-state index in [1.807, 2.05) is 0 Å². The first-order chi connectivity index (χ1) is 9.08. The summed E-state index contributed by atoms with van der Waals surface area (Å²) in [6, 6.07) is 8.30. The molecule has 0 atom stereocenters. The number of halogens is 1. The Balaban J connectivity index is 2.14. The quantitative estimate of drug-likeness (QED) is 0.886. The van der Waals surface area contributed by atoms with Crippen LogP contribution in [0.1, 0.15) is 0 Å². The van der Waals surface area contributed by atoms with Gasteiger partial charge in [0.2, 0.25) is 0 Å². The van der Waals surface area contributed by atoms with E-state index in [1.165, 1.54) is 11.1 Å². The third-order valence-corrected chi connectivity index (χ3v) is 2.80. The van der Waals surface area contributed by atoms with Crippen LogP contribution in [0.3, 0.4) is 0 Å². The van der Waals surface area contributed by atoms with Gasteiger partial charge in [-0.3, -0.25) is 9.88 Å². The Morgan fingerprint density at radius 1 is 1.42 bits per heavy atom. The number of nitrogens with one attached hydrogen (secondary N) is 1. The number of rotatable bonds is 2. The molecule has 19 heavy (non-hydrogen) atoms. The fourth-order valence-corrected chi connectivity index (χ4v) is 1.78. The lowest BCUT2D eigenvalue weighted by Gasteiger charge is -2.19. The number of urea groups is 1. The van der Waals surface area contributed by atoms with Crippen molar-refractivity contribution < 1.29 is 4.79 Å². The molecule has 1 aromatic heterocycles. The van der Waals surface area contributed by atoms with Crippen LogP contribution in [0, 0.1) is 0 Å². The predicted molar refractivity (Wildman–Crippen MR) is 77.5 cm³/mol. The molecule has 98 valence electrons. The maximum atomic E-state index is 12.1. The van der Waals surface area contributed by atoms with Crippen molar-refractivity contribution in [3.63, 3.8) is 0 Å². The molecule has 3 N–H and O–H groups in total. The van der Waals surface area contributed by atoms with E-state index in [1.54, 1.807) is 43.6 Å². The zero-order chi connectivity index (χ0) is 13.8. The third kappa shape index (κ3) is 3.14. The second kappa shape index (κ2) is 5.58. The topological polar surface area (TPSA) is 71.2 Å². The van der Waals surface area contributed by atoms with Crippen LogP contribution in [-0.4, -0.2) is 18.1 Å². The van der Waals surface area contributed by atoms with Crippen molar-refractivity contribution in [3.05, 3.63) is 47.7 Å². The molecule has 5 nitrogen and oxygen atoms in total. The Labute approximate surface area is 116 Å². The summed E-state index contributed by atoms with van der Waals surface area (Å²) in [6.07, 6.45) is 3.08. The summed E-state index contributed by atoms with van der Waals surface area (Å²) < 4.78 is 0. The number of nitrogens with two attached hydrogens (primary N) is 1. The number of hydrogen-bond donors (Lipinski definition) is 2. The van der Waals surface area contributed by atoms with Gasteiger partial charge in [-0.2, -0.15) is 0 Å². The highest BCUT2D eigenvalue weighted by atomic mass is 35.5. The molecule has 0 radical (unpaired) electrons. The standard InChI is InChI=1S/C13H13ClN4O/c1-18(12-5-6-16-8-11(12)15)13(19)17-10-4-2-3-9(14)7-10/h2-8H,15H2,1H3,(H,17,19). The van der Waals surface area contributed by atoms with Gasteiger partial charge in [-0.25, -0.2) is 4.79 Å². The second-order valence-electron chi connectivity index (χ2n) is 3.93. The predicted octanol–water partition coefficient (Wildman–Crippen LogP) is 2.99. The molecule has 0 saturated heterocycles. The molecule has 2 amide bonds. The second-order valence-corrected chi connectivity index (χ2v) is 4.37. The Morgan fingerprint density at radius 3 is 2.89 bits per heavy atom. The monoisotopic (exact) mass is 276 g/mol. The van der Waals surface area contributed by atoms with Gasteiger partial charge in [0, 0.05) is 24.0 Å². The molecule has 0 unspecified atom stereocenters. The first-order valence-electron chi connectivity index (χ1n) is 5.57. The van der Waals surface area contributed by atoms with Crippen LogP contribution in [0.15, 0.2) is 42.7 Å². The zero-order valence-corrected chi connectivity index (χ0v) is 11.1. The first kappa shape index (κ1) is 13.2. The van der Waals surface area contributed by atoms with Gasteiger partial charge >= 0.3 is 6.03 Å². The smallest absolute Gasteiger partial charge is 0.326 e. The molecule has 6 heteroatoms. The molecule has 0 aliphatic carbocycles. The number of hydrogen-bond acceptors (Lipinski definition) is 3. The Morgan fingerprint density at radius 2 is 2.21 bits per heavy atom. The molecule has 1 aromatic carbocycles. The fourth-order valence-electron chi connectivity index (χ4n) is 1.59. The van der Waals surface area contributed by atoms with Crippen LogP contribution in [0.5, 0.6) is 0 Å². The Kier molecular flexibility index (Phi) is 3.87. The zero-order valence-electron chi connectivity index (χ0n) is 10.3. The van der Waals surface area contributed by atoms with Gasteiger partial charge in [-0.05, 0) is 24.3 Å². The van der Waals surface area contributed by atoms with E-state index in [9.17, 15) is 4.79 Å². The molecule has 0 aliphatic heterocycles. The van der Waals surface area contributed by atoms with Crippen molar-refractivity contribution >= 4 is 34.7 Å². The fraction of sp³-hybridized carbons (Fsp3) is 0.0769. The summed E-state index contributed by atoms with van der Waals surface area (Å²) in [5.74, 6) is 0. The van der Waals surface area contributed by atoms with Gasteiger partial charge in [0.05, 0.1) is 17.6 Å². The van der Waals surface area contributed by atoms with Crippen molar-refractivity contribution in [2.24, 2.45) is 0 Å². The number of carbonyl (C=O) groups excluding carboxylic acids is 1. The number of anilines is 3. The Hall–Kier alpha value is -2.27. The average Bonchev–Trinajstić information content (AvgIpc) is 2.38. The number of nitrogen functional groups attached to an aromatic ring is 1. The summed E-state index contributed by atoms with van der Waals surface area (Å²) >= 11 is 5.86. The lowest BCUT2D eigenvalue weighted by molar-refractivity contribution is 0.258. The maximum Gasteiger partial charge on any atom is 0.326 e. The van der Waals surface area contributed by atoms with E-state index < -0.39 is 0 Å². The molecular formula is C13H13ClN4O. The van der Waals surface area contributed by atoms with E-state index in [-0.39, 0.29) is 6.03 Å². The van der Waals surface area contributed by atoms with Crippen LogP contribution in [0.4, 0.5) is 21.9 Å². The molecule has 2 rings (SSSR count). The highest BCUT2D eigenvalue weighted by Gasteiger charge is 2.13. The van der Waals surface area contributed by atoms with Crippen molar-refractivity contribution in [2.75, 3.05) is 23.0 Å². The number of carbonyl (C=O) groups is 1. The minimum absolute atomic E-state index is 0.305. The number of nitrogens with zero attached hydrogens (tertiary/aromatic N) is 2. The number of aromatic nitrogens is 1. The van der Waals surface area contributed by atoms with Crippen LogP contribution in [0.25, 0.3) is 0 Å². The highest BCUT2D eigenvalue weighted by molar-refractivity contribution is 6.30. The minimum atomic E-state index is -0.305. The van der Waals surface area contributed by atoms with Gasteiger partial charge in [0.25, 0.3) is 0 Å². The number of benzene rings is 1. The van der Waals surface area contributed by atoms with Gasteiger partial charge in [0.1, 0.15) is 0 Å². The SMILES string of the molecule is CN(C(=O)Nc1cccc(Cl)c1)c1ccncc1N. The summed E-state index contributed by atoms with van der Waals surface area (Å²) in [4.78, 5) is 17.4. The van der Waals surface area contributed by atoms with Gasteiger partial charge in [-0.1, -0.05) is 17.7 Å². The molecular weight excluding hydrogens is 264 g/mol. The lowest BCUT2D eigenvalue weighted by atomic mass is 10.3. The maximum absolute atomic E-state index is 12.1. The molecule has 0 saturated carbocycles. The van der Waals surface area contributed by atoms with Crippen molar-refractivity contribution in [2.45, 2.75) is 0 Å². The van der Waals surface area contributed by atoms with Gasteiger partial charge in [0.15, 0.2) is 0 Å². The van der Waals surface area contributed by atoms with E-state index in [0.29, 0.717) is 22.1 Å². The molecule has 1 heterocycles. The van der Waals surface area contributed by atoms with E-state index in [2.05, 4.69) is 10.3 Å². The summed E-state index contributed by atoms with van der Waals surface area (Å²) in [5, 5.41) is 3.29. The van der Waals surface area contributed by atoms with Crippen LogP contribution < -0.4 is 16.0 Å². The summed E-state index contributed by atoms with van der Waals surface area (Å²) in [5.41, 5.74) is 7.42. The molecule has 0 aliphatic rings. The van der Waals surface area contributed by atoms with Crippen molar-refractivity contribution in [3.8, 4) is 0 Å². The largest absolute Gasteiger partial charge is 0.396 e. The summed E-state index contributed by atoms with van der Waals surface area (Å²) in [6.45, 7) is 0. The number of amides is 2. The van der Waals surface area contributed by atoms with Gasteiger partial charge < -0.3 is 11.1 Å². The normalized spacial score (nSPS) is 10.0. The first-order valence-corrected chi connectivity index (χ1v) is 5.95. The van der Waals surface area contributed by atoms with Crippen LogP contribution in [-0.2, 0) is 0 Å². The molecule has 0 bridgehead atoms. The highest BCUT2D eigenvalue weighted by Crippen LogP contribution is 2.21. The Bertz CT molecular complexity index is 603. The number of pyridine rings is 1. The molecule has 2 aromatic rings. The molecule has 0 spiro atoms. The third-order valence-electron chi connectivity index (χ3n) is 2.57. The van der Waals surface area contributed by atoms with Gasteiger partial charge in [-0.15, -0.1) is 0 Å². The van der Waals surface area contributed by atoms with Crippen LogP contribution >= 0.6 is 11.6 Å².